The number of methoxy groups -OCH3 is 1. The lowest BCUT2D eigenvalue weighted by Gasteiger charge is -2.10. The van der Waals surface area contributed by atoms with Gasteiger partial charge in [0.05, 0.1) is 24.8 Å². The number of hydrogen-bond donors (Lipinski definition) is 0. The van der Waals surface area contributed by atoms with Crippen LogP contribution in [0.25, 0.3) is 0 Å². The third-order valence-corrected chi connectivity index (χ3v) is 2.47. The molecular weight excluding hydrogens is 242 g/mol. The molecule has 4 nitrogen and oxygen atoms in total. The van der Waals surface area contributed by atoms with E-state index in [-0.39, 0.29) is 18.1 Å². The van der Waals surface area contributed by atoms with Gasteiger partial charge in [0, 0.05) is 5.88 Å². The van der Waals surface area contributed by atoms with E-state index in [1.54, 1.807) is 13.0 Å². The number of ether oxygens (including phenoxy) is 2. The molecule has 0 radical (unpaired) electrons. The van der Waals surface area contributed by atoms with Crippen molar-refractivity contribution in [3.05, 3.63) is 28.8 Å². The van der Waals surface area contributed by atoms with Crippen LogP contribution in [0.1, 0.15) is 28.4 Å². The molecule has 0 bridgehead atoms. The molecule has 5 heteroatoms. The van der Waals surface area contributed by atoms with E-state index in [4.69, 9.17) is 26.3 Å². The fraction of sp³-hybridized carbons (Fsp3) is 0.333. The number of nitriles is 1. The smallest absolute Gasteiger partial charge is 0.338 e. The van der Waals surface area contributed by atoms with E-state index in [0.29, 0.717) is 16.9 Å². The van der Waals surface area contributed by atoms with Crippen LogP contribution in [-0.4, -0.2) is 19.7 Å². The molecule has 0 spiro atoms. The largest absolute Gasteiger partial charge is 0.495 e. The lowest BCUT2D eigenvalue weighted by atomic mass is 10.0. The first kappa shape index (κ1) is 13.3. The number of benzene rings is 1. The van der Waals surface area contributed by atoms with Crippen LogP contribution in [-0.2, 0) is 10.6 Å². The number of esters is 1. The molecule has 0 saturated heterocycles. The van der Waals surface area contributed by atoms with Crippen LogP contribution in [0, 0.1) is 11.3 Å². The first-order chi connectivity index (χ1) is 8.17. The molecule has 0 N–H and O–H groups in total. The molecule has 0 aliphatic rings. The standard InChI is InChI=1S/C12H12ClNO3/c1-3-17-12(15)10-4-9(7-14)11(16-2)5-8(10)6-13/h4-5H,3,6H2,1-2H3. The molecule has 1 rings (SSSR count). The van der Waals surface area contributed by atoms with Crippen molar-refractivity contribution >= 4 is 17.6 Å². The van der Waals surface area contributed by atoms with Gasteiger partial charge in [-0.15, -0.1) is 11.6 Å². The van der Waals surface area contributed by atoms with E-state index in [1.165, 1.54) is 13.2 Å². The van der Waals surface area contributed by atoms with Gasteiger partial charge in [-0.25, -0.2) is 4.79 Å². The van der Waals surface area contributed by atoms with Crippen LogP contribution in [0.4, 0.5) is 0 Å². The maximum absolute atomic E-state index is 11.7. The average molecular weight is 254 g/mol. The molecule has 17 heavy (non-hydrogen) atoms. The van der Waals surface area contributed by atoms with E-state index in [0.717, 1.165) is 0 Å². The van der Waals surface area contributed by atoms with Crippen molar-refractivity contribution in [2.75, 3.05) is 13.7 Å². The van der Waals surface area contributed by atoms with E-state index >= 15 is 0 Å². The number of halogens is 1. The zero-order chi connectivity index (χ0) is 12.8. The van der Waals surface area contributed by atoms with Crippen molar-refractivity contribution in [1.82, 2.24) is 0 Å². The number of carbonyl (C=O) groups excluding carboxylic acids is 1. The molecular formula is C12H12ClNO3. The molecule has 0 aliphatic heterocycles. The lowest BCUT2D eigenvalue weighted by molar-refractivity contribution is 0.0525. The molecule has 0 atom stereocenters. The topological polar surface area (TPSA) is 59.3 Å². The molecule has 0 aliphatic carbocycles. The van der Waals surface area contributed by atoms with Crippen LogP contribution in [0.3, 0.4) is 0 Å². The van der Waals surface area contributed by atoms with Crippen LogP contribution >= 0.6 is 11.6 Å². The van der Waals surface area contributed by atoms with Gasteiger partial charge in [0.15, 0.2) is 0 Å². The Morgan fingerprint density at radius 2 is 2.24 bits per heavy atom. The quantitative estimate of drug-likeness (QED) is 0.611. The molecule has 0 saturated carbocycles. The Morgan fingerprint density at radius 1 is 1.53 bits per heavy atom. The Morgan fingerprint density at radius 3 is 2.71 bits per heavy atom. The summed E-state index contributed by atoms with van der Waals surface area (Å²) in [5, 5.41) is 8.93. The fourth-order valence-corrected chi connectivity index (χ4v) is 1.61. The second-order valence-corrected chi connectivity index (χ2v) is 3.44. The van der Waals surface area contributed by atoms with Gasteiger partial charge in [-0.1, -0.05) is 0 Å². The van der Waals surface area contributed by atoms with Crippen LogP contribution in [0.2, 0.25) is 0 Å². The highest BCUT2D eigenvalue weighted by atomic mass is 35.5. The van der Waals surface area contributed by atoms with Crippen molar-refractivity contribution < 1.29 is 14.3 Å². The molecule has 1 aromatic rings. The van der Waals surface area contributed by atoms with Crippen LogP contribution < -0.4 is 4.74 Å². The third-order valence-electron chi connectivity index (χ3n) is 2.19. The van der Waals surface area contributed by atoms with Gasteiger partial charge in [-0.3, -0.25) is 0 Å². The van der Waals surface area contributed by atoms with Gasteiger partial charge in [-0.05, 0) is 24.6 Å². The van der Waals surface area contributed by atoms with E-state index in [1.807, 2.05) is 6.07 Å². The van der Waals surface area contributed by atoms with Gasteiger partial charge in [-0.2, -0.15) is 5.26 Å². The Labute approximate surface area is 105 Å². The summed E-state index contributed by atoms with van der Waals surface area (Å²) in [6.07, 6.45) is 0. The minimum Gasteiger partial charge on any atom is -0.495 e. The van der Waals surface area contributed by atoms with Crippen LogP contribution in [0.15, 0.2) is 12.1 Å². The van der Waals surface area contributed by atoms with Crippen molar-refractivity contribution in [2.45, 2.75) is 12.8 Å². The second-order valence-electron chi connectivity index (χ2n) is 3.18. The van der Waals surface area contributed by atoms with E-state index in [2.05, 4.69) is 0 Å². The van der Waals surface area contributed by atoms with Crippen molar-refractivity contribution in [3.8, 4) is 11.8 Å². The highest BCUT2D eigenvalue weighted by Gasteiger charge is 2.16. The van der Waals surface area contributed by atoms with Crippen molar-refractivity contribution in [2.24, 2.45) is 0 Å². The SMILES string of the molecule is CCOC(=O)c1cc(C#N)c(OC)cc1CCl. The van der Waals surface area contributed by atoms with Crippen LogP contribution in [0.5, 0.6) is 5.75 Å². The summed E-state index contributed by atoms with van der Waals surface area (Å²) >= 11 is 5.75. The Hall–Kier alpha value is -1.73. The Kier molecular flexibility index (Phi) is 4.80. The highest BCUT2D eigenvalue weighted by molar-refractivity contribution is 6.17. The van der Waals surface area contributed by atoms with Gasteiger partial charge in [0.25, 0.3) is 0 Å². The van der Waals surface area contributed by atoms with Gasteiger partial charge in [0.1, 0.15) is 11.8 Å². The van der Waals surface area contributed by atoms with E-state index < -0.39 is 5.97 Å². The predicted octanol–water partition coefficient (Wildman–Crippen LogP) is 2.48. The molecule has 0 unspecified atom stereocenters. The monoisotopic (exact) mass is 253 g/mol. The number of carbonyl (C=O) groups is 1. The summed E-state index contributed by atoms with van der Waals surface area (Å²) in [5.74, 6) is 0.0643. The average Bonchev–Trinajstić information content (AvgIpc) is 2.37. The van der Waals surface area contributed by atoms with Crippen molar-refractivity contribution in [1.29, 1.82) is 5.26 Å². The summed E-state index contributed by atoms with van der Waals surface area (Å²) in [6, 6.07) is 4.98. The molecule has 0 heterocycles. The summed E-state index contributed by atoms with van der Waals surface area (Å²) in [7, 11) is 1.46. The summed E-state index contributed by atoms with van der Waals surface area (Å²) in [4.78, 5) is 11.7. The lowest BCUT2D eigenvalue weighted by Crippen LogP contribution is -2.08. The number of rotatable bonds is 4. The maximum atomic E-state index is 11.7. The number of nitrogens with zero attached hydrogens (tertiary/aromatic N) is 1. The minimum absolute atomic E-state index is 0.149. The van der Waals surface area contributed by atoms with E-state index in [9.17, 15) is 4.79 Å². The summed E-state index contributed by atoms with van der Waals surface area (Å²) < 4.78 is 9.94. The minimum atomic E-state index is -0.484. The normalized spacial score (nSPS) is 9.53. The van der Waals surface area contributed by atoms with Gasteiger partial charge >= 0.3 is 5.97 Å². The zero-order valence-electron chi connectivity index (χ0n) is 9.62. The summed E-state index contributed by atoms with van der Waals surface area (Å²) in [6.45, 7) is 1.99. The summed E-state index contributed by atoms with van der Waals surface area (Å²) in [5.41, 5.74) is 1.17. The third kappa shape index (κ3) is 2.89. The second kappa shape index (κ2) is 6.12. The van der Waals surface area contributed by atoms with Crippen molar-refractivity contribution in [3.63, 3.8) is 0 Å². The van der Waals surface area contributed by atoms with Gasteiger partial charge in [0.2, 0.25) is 0 Å². The predicted molar refractivity (Wildman–Crippen MR) is 63.2 cm³/mol. The zero-order valence-corrected chi connectivity index (χ0v) is 10.4. The molecule has 90 valence electrons. The Bertz CT molecular complexity index is 466. The number of hydrogen-bond acceptors (Lipinski definition) is 4. The molecule has 0 amide bonds. The Balaban J connectivity index is 3.29. The fourth-order valence-electron chi connectivity index (χ4n) is 1.39. The van der Waals surface area contributed by atoms with Gasteiger partial charge < -0.3 is 9.47 Å². The maximum Gasteiger partial charge on any atom is 0.338 e. The highest BCUT2D eigenvalue weighted by Crippen LogP contribution is 2.25. The molecule has 0 fully saturated rings. The number of alkyl halides is 1. The first-order valence-corrected chi connectivity index (χ1v) is 5.55. The molecule has 0 aromatic heterocycles. The molecule has 1 aromatic carbocycles. The first-order valence-electron chi connectivity index (χ1n) is 5.02.